The summed E-state index contributed by atoms with van der Waals surface area (Å²) in [6, 6.07) is 0. The highest BCUT2D eigenvalue weighted by Gasteiger charge is 2.37. The molecule has 3 rings (SSSR count). The van der Waals surface area contributed by atoms with Gasteiger partial charge in [-0.05, 0) is 51.5 Å². The van der Waals surface area contributed by atoms with Crippen LogP contribution >= 0.6 is 0 Å². The van der Waals surface area contributed by atoms with Crippen molar-refractivity contribution in [2.75, 3.05) is 12.8 Å². The van der Waals surface area contributed by atoms with Crippen molar-refractivity contribution >= 4 is 16.9 Å². The van der Waals surface area contributed by atoms with Gasteiger partial charge in [0, 0.05) is 19.2 Å². The molecule has 2 N–H and O–H groups in total. The number of ether oxygens (including phenoxy) is 1. The molecule has 2 aromatic heterocycles. The van der Waals surface area contributed by atoms with Gasteiger partial charge in [0.25, 0.3) is 0 Å². The molecule has 0 saturated heterocycles. The summed E-state index contributed by atoms with van der Waals surface area (Å²) in [7, 11) is 1.83. The highest BCUT2D eigenvalue weighted by Crippen LogP contribution is 2.40. The third-order valence-electron chi connectivity index (χ3n) is 5.27. The summed E-state index contributed by atoms with van der Waals surface area (Å²) < 4.78 is 8.47. The Kier molecular flexibility index (Phi) is 4.32. The van der Waals surface area contributed by atoms with Crippen LogP contribution < -0.4 is 5.73 Å². The first-order valence-electron chi connectivity index (χ1n) is 8.73. The van der Waals surface area contributed by atoms with Gasteiger partial charge in [-0.3, -0.25) is 4.57 Å². The summed E-state index contributed by atoms with van der Waals surface area (Å²) in [6.07, 6.45) is 7.71. The summed E-state index contributed by atoms with van der Waals surface area (Å²) in [4.78, 5) is 9.34. The topological polar surface area (TPSA) is 66.0 Å². The molecule has 0 bridgehead atoms. The minimum Gasteiger partial charge on any atom is -0.382 e. The molecule has 0 atom stereocenters. The Labute approximate surface area is 138 Å². The first kappa shape index (κ1) is 16.2. The van der Waals surface area contributed by atoms with Crippen molar-refractivity contribution in [3.8, 4) is 0 Å². The van der Waals surface area contributed by atoms with Crippen LogP contribution in [0.4, 0.5) is 5.82 Å². The van der Waals surface area contributed by atoms with Gasteiger partial charge in [-0.15, -0.1) is 0 Å². The molecule has 0 spiro atoms. The number of fused-ring (bicyclic) bond motifs is 1. The Balaban J connectivity index is 2.34. The van der Waals surface area contributed by atoms with E-state index in [9.17, 15) is 0 Å². The quantitative estimate of drug-likeness (QED) is 0.930. The molecule has 23 heavy (non-hydrogen) atoms. The fourth-order valence-corrected chi connectivity index (χ4v) is 3.93. The van der Waals surface area contributed by atoms with Gasteiger partial charge < -0.3 is 10.5 Å². The summed E-state index contributed by atoms with van der Waals surface area (Å²) in [5, 5.41) is 0. The van der Waals surface area contributed by atoms with E-state index in [4.69, 9.17) is 15.5 Å². The molecule has 1 fully saturated rings. The zero-order chi connectivity index (χ0) is 16.6. The molecule has 1 saturated carbocycles. The number of aromatic nitrogens is 3. The van der Waals surface area contributed by atoms with E-state index >= 15 is 0 Å². The molecule has 0 radical (unpaired) electrons. The smallest absolute Gasteiger partial charge is 0.151 e. The summed E-state index contributed by atoms with van der Waals surface area (Å²) in [6.45, 7) is 6.32. The van der Waals surface area contributed by atoms with E-state index in [1.165, 1.54) is 19.3 Å². The largest absolute Gasteiger partial charge is 0.382 e. The minimum absolute atomic E-state index is 0.289. The molecule has 1 aliphatic carbocycles. The van der Waals surface area contributed by atoms with Gasteiger partial charge in [0.05, 0.1) is 5.52 Å². The molecule has 0 unspecified atom stereocenters. The van der Waals surface area contributed by atoms with E-state index in [-0.39, 0.29) is 5.72 Å². The summed E-state index contributed by atoms with van der Waals surface area (Å²) in [5.41, 5.74) is 9.98. The van der Waals surface area contributed by atoms with Crippen molar-refractivity contribution < 1.29 is 4.74 Å². The number of methoxy groups -OCH3 is 1. The molecular formula is C18H28N4O. The van der Waals surface area contributed by atoms with E-state index in [1.54, 1.807) is 0 Å². The van der Waals surface area contributed by atoms with E-state index in [0.29, 0.717) is 5.82 Å². The first-order chi connectivity index (χ1) is 11.0. The van der Waals surface area contributed by atoms with Gasteiger partial charge in [0.2, 0.25) is 0 Å². The van der Waals surface area contributed by atoms with Crippen molar-refractivity contribution in [1.29, 1.82) is 0 Å². The van der Waals surface area contributed by atoms with Gasteiger partial charge in [-0.1, -0.05) is 13.3 Å². The Morgan fingerprint density at radius 1 is 1.17 bits per heavy atom. The molecule has 1 aliphatic rings. The maximum atomic E-state index is 6.19. The van der Waals surface area contributed by atoms with Crippen LogP contribution in [-0.2, 0) is 16.9 Å². The van der Waals surface area contributed by atoms with Crippen molar-refractivity contribution in [2.24, 2.45) is 0 Å². The second kappa shape index (κ2) is 6.11. The SMILES string of the molecule is CCCc1nc2c(N)nc(C)c(C)c2n1C1(OC)CCCCC1. The highest BCUT2D eigenvalue weighted by atomic mass is 16.5. The third-order valence-corrected chi connectivity index (χ3v) is 5.27. The van der Waals surface area contributed by atoms with Crippen LogP contribution in [0, 0.1) is 13.8 Å². The van der Waals surface area contributed by atoms with E-state index in [2.05, 4.69) is 23.4 Å². The Bertz CT molecular complexity index is 714. The lowest BCUT2D eigenvalue weighted by atomic mass is 9.90. The first-order valence-corrected chi connectivity index (χ1v) is 8.73. The number of hydrogen-bond acceptors (Lipinski definition) is 4. The van der Waals surface area contributed by atoms with Gasteiger partial charge in [0.1, 0.15) is 17.1 Å². The number of nitrogen functional groups attached to an aromatic ring is 1. The van der Waals surface area contributed by atoms with Crippen molar-refractivity contribution in [3.63, 3.8) is 0 Å². The average Bonchev–Trinajstić information content (AvgIpc) is 2.94. The molecule has 5 heteroatoms. The molecule has 5 nitrogen and oxygen atoms in total. The Morgan fingerprint density at radius 2 is 1.87 bits per heavy atom. The van der Waals surface area contributed by atoms with Gasteiger partial charge in [0.15, 0.2) is 5.82 Å². The number of hydrogen-bond donors (Lipinski definition) is 1. The standard InChI is InChI=1S/C18H28N4O/c1-5-9-14-21-15-16(12(2)13(3)20-17(15)19)22(14)18(23-4)10-7-6-8-11-18/h5-11H2,1-4H3,(H2,19,20). The predicted octanol–water partition coefficient (Wildman–Crippen LogP) is 3.85. The van der Waals surface area contributed by atoms with Crippen LogP contribution in [0.2, 0.25) is 0 Å². The zero-order valence-electron chi connectivity index (χ0n) is 14.8. The number of imidazole rings is 1. The van der Waals surface area contributed by atoms with Crippen LogP contribution in [0.5, 0.6) is 0 Å². The van der Waals surface area contributed by atoms with Crippen LogP contribution in [0.15, 0.2) is 0 Å². The number of aryl methyl sites for hydroxylation is 3. The number of anilines is 1. The molecule has 2 heterocycles. The van der Waals surface area contributed by atoms with E-state index in [0.717, 1.165) is 53.8 Å². The minimum atomic E-state index is -0.289. The van der Waals surface area contributed by atoms with Crippen molar-refractivity contribution in [1.82, 2.24) is 14.5 Å². The fourth-order valence-electron chi connectivity index (χ4n) is 3.93. The monoisotopic (exact) mass is 316 g/mol. The zero-order valence-corrected chi connectivity index (χ0v) is 14.8. The lowest BCUT2D eigenvalue weighted by molar-refractivity contribution is -0.104. The average molecular weight is 316 g/mol. The van der Waals surface area contributed by atoms with Crippen LogP contribution in [0.25, 0.3) is 11.0 Å². The van der Waals surface area contributed by atoms with Gasteiger partial charge >= 0.3 is 0 Å². The number of nitrogens with two attached hydrogens (primary N) is 1. The van der Waals surface area contributed by atoms with Crippen LogP contribution in [-0.4, -0.2) is 21.6 Å². The molecule has 2 aromatic rings. The normalized spacial score (nSPS) is 17.7. The predicted molar refractivity (Wildman–Crippen MR) is 93.5 cm³/mol. The Hall–Kier alpha value is -1.62. The van der Waals surface area contributed by atoms with Crippen molar-refractivity contribution in [2.45, 2.75) is 71.4 Å². The van der Waals surface area contributed by atoms with Gasteiger partial charge in [-0.25, -0.2) is 9.97 Å². The molecule has 0 aliphatic heterocycles. The number of nitrogens with zero attached hydrogens (tertiary/aromatic N) is 3. The lowest BCUT2D eigenvalue weighted by Gasteiger charge is -2.39. The maximum absolute atomic E-state index is 6.19. The number of rotatable bonds is 4. The second-order valence-electron chi connectivity index (χ2n) is 6.73. The van der Waals surface area contributed by atoms with Crippen LogP contribution in [0.1, 0.15) is 62.5 Å². The number of pyridine rings is 1. The summed E-state index contributed by atoms with van der Waals surface area (Å²) >= 11 is 0. The molecule has 126 valence electrons. The molecule has 0 aromatic carbocycles. The van der Waals surface area contributed by atoms with Crippen LogP contribution in [0.3, 0.4) is 0 Å². The lowest BCUT2D eigenvalue weighted by Crippen LogP contribution is -2.39. The third kappa shape index (κ3) is 2.51. The maximum Gasteiger partial charge on any atom is 0.151 e. The van der Waals surface area contributed by atoms with Crippen molar-refractivity contribution in [3.05, 3.63) is 17.1 Å². The van der Waals surface area contributed by atoms with E-state index in [1.807, 2.05) is 14.0 Å². The molecular weight excluding hydrogens is 288 g/mol. The fraction of sp³-hybridized carbons (Fsp3) is 0.667. The van der Waals surface area contributed by atoms with E-state index < -0.39 is 0 Å². The second-order valence-corrected chi connectivity index (χ2v) is 6.73. The van der Waals surface area contributed by atoms with Gasteiger partial charge in [-0.2, -0.15) is 0 Å². The summed E-state index contributed by atoms with van der Waals surface area (Å²) in [5.74, 6) is 1.61. The molecule has 0 amide bonds. The Morgan fingerprint density at radius 3 is 2.48 bits per heavy atom. The highest BCUT2D eigenvalue weighted by molar-refractivity contribution is 5.88.